The zero-order valence-electron chi connectivity index (χ0n) is 22.2. The van der Waals surface area contributed by atoms with Crippen molar-refractivity contribution in [3.05, 3.63) is 99.5 Å². The highest BCUT2D eigenvalue weighted by molar-refractivity contribution is 7.09. The van der Waals surface area contributed by atoms with Gasteiger partial charge in [-0.05, 0) is 60.9 Å². The van der Waals surface area contributed by atoms with E-state index >= 15 is 0 Å². The van der Waals surface area contributed by atoms with Crippen molar-refractivity contribution < 1.29 is 19.0 Å². The summed E-state index contributed by atoms with van der Waals surface area (Å²) < 4.78 is 16.2. The van der Waals surface area contributed by atoms with Crippen LogP contribution in [0.5, 0.6) is 17.2 Å². The van der Waals surface area contributed by atoms with E-state index in [1.165, 1.54) is 16.9 Å². The Morgan fingerprint density at radius 1 is 0.868 bits per heavy atom. The van der Waals surface area contributed by atoms with Gasteiger partial charge >= 0.3 is 0 Å². The van der Waals surface area contributed by atoms with Crippen molar-refractivity contribution in [1.82, 2.24) is 9.88 Å². The Hall–Kier alpha value is -3.88. The third kappa shape index (κ3) is 7.34. The molecule has 0 aliphatic rings. The minimum Gasteiger partial charge on any atom is -0.497 e. The Kier molecular flexibility index (Phi) is 9.35. The SMILES string of the molecule is COc1ccc(CN(CCc2ccc(OC)c(OC)c2)Cc2nc(C(=O)Nc3ccc(C)cc3)cs2)cc1. The zero-order valence-corrected chi connectivity index (χ0v) is 23.0. The molecule has 0 fully saturated rings. The van der Waals surface area contributed by atoms with E-state index in [4.69, 9.17) is 14.2 Å². The van der Waals surface area contributed by atoms with Crippen LogP contribution in [0, 0.1) is 6.92 Å². The molecule has 7 nitrogen and oxygen atoms in total. The summed E-state index contributed by atoms with van der Waals surface area (Å²) in [5, 5.41) is 5.63. The summed E-state index contributed by atoms with van der Waals surface area (Å²) in [4.78, 5) is 19.7. The molecule has 0 spiro atoms. The maximum atomic E-state index is 12.8. The van der Waals surface area contributed by atoms with Crippen molar-refractivity contribution in [2.24, 2.45) is 0 Å². The first kappa shape index (κ1) is 27.2. The Morgan fingerprint density at radius 3 is 2.26 bits per heavy atom. The highest BCUT2D eigenvalue weighted by Crippen LogP contribution is 2.28. The molecule has 0 saturated heterocycles. The number of carbonyl (C=O) groups excluding carboxylic acids is 1. The number of nitrogens with one attached hydrogen (secondary N) is 1. The van der Waals surface area contributed by atoms with E-state index in [2.05, 4.69) is 33.4 Å². The van der Waals surface area contributed by atoms with Gasteiger partial charge in [0, 0.05) is 24.2 Å². The maximum absolute atomic E-state index is 12.8. The lowest BCUT2D eigenvalue weighted by Gasteiger charge is -2.22. The van der Waals surface area contributed by atoms with Crippen LogP contribution in [0.25, 0.3) is 0 Å². The number of aromatic nitrogens is 1. The second-order valence-electron chi connectivity index (χ2n) is 8.94. The molecule has 8 heteroatoms. The first-order valence-corrected chi connectivity index (χ1v) is 13.2. The van der Waals surface area contributed by atoms with Gasteiger partial charge in [0.1, 0.15) is 16.5 Å². The standard InChI is InChI=1S/C30H33N3O4S/c1-21-5-10-24(11-6-21)31-30(34)26-20-38-29(32-26)19-33(18-23-7-12-25(35-2)13-8-23)16-15-22-9-14-27(36-3)28(17-22)37-4/h5-14,17,20H,15-16,18-19H2,1-4H3,(H,31,34). The van der Waals surface area contributed by atoms with Gasteiger partial charge < -0.3 is 19.5 Å². The quantitative estimate of drug-likeness (QED) is 0.243. The molecule has 0 aliphatic carbocycles. The molecule has 0 atom stereocenters. The number of rotatable bonds is 12. The zero-order chi connectivity index (χ0) is 26.9. The number of amides is 1. The van der Waals surface area contributed by atoms with Crippen molar-refractivity contribution in [1.29, 1.82) is 0 Å². The van der Waals surface area contributed by atoms with Crippen LogP contribution in [-0.2, 0) is 19.5 Å². The normalized spacial score (nSPS) is 10.9. The third-order valence-electron chi connectivity index (χ3n) is 6.18. The summed E-state index contributed by atoms with van der Waals surface area (Å²) in [6, 6.07) is 21.8. The number of hydrogen-bond donors (Lipinski definition) is 1. The van der Waals surface area contributed by atoms with E-state index in [0.717, 1.165) is 52.8 Å². The van der Waals surface area contributed by atoms with Crippen molar-refractivity contribution in [2.75, 3.05) is 33.2 Å². The van der Waals surface area contributed by atoms with Crippen LogP contribution in [-0.4, -0.2) is 43.7 Å². The molecule has 0 aliphatic heterocycles. The van der Waals surface area contributed by atoms with Gasteiger partial charge in [0.25, 0.3) is 5.91 Å². The lowest BCUT2D eigenvalue weighted by Crippen LogP contribution is -2.25. The third-order valence-corrected chi connectivity index (χ3v) is 7.02. The number of anilines is 1. The molecular formula is C30H33N3O4S. The molecule has 1 N–H and O–H groups in total. The smallest absolute Gasteiger partial charge is 0.275 e. The molecule has 1 heterocycles. The van der Waals surface area contributed by atoms with Gasteiger partial charge in [-0.1, -0.05) is 35.9 Å². The Morgan fingerprint density at radius 2 is 1.58 bits per heavy atom. The highest BCUT2D eigenvalue weighted by atomic mass is 32.1. The van der Waals surface area contributed by atoms with Crippen LogP contribution in [0.4, 0.5) is 5.69 Å². The maximum Gasteiger partial charge on any atom is 0.275 e. The number of hydrogen-bond acceptors (Lipinski definition) is 7. The molecule has 1 aromatic heterocycles. The molecule has 38 heavy (non-hydrogen) atoms. The summed E-state index contributed by atoms with van der Waals surface area (Å²) in [5.74, 6) is 2.06. The topological polar surface area (TPSA) is 72.9 Å². The van der Waals surface area contributed by atoms with Gasteiger partial charge in [0.15, 0.2) is 11.5 Å². The minimum atomic E-state index is -0.205. The van der Waals surface area contributed by atoms with E-state index in [-0.39, 0.29) is 5.91 Å². The van der Waals surface area contributed by atoms with E-state index in [1.54, 1.807) is 21.3 Å². The van der Waals surface area contributed by atoms with Crippen LogP contribution in [0.2, 0.25) is 0 Å². The second kappa shape index (κ2) is 13.1. The Bertz CT molecular complexity index is 1340. The largest absolute Gasteiger partial charge is 0.497 e. The number of ether oxygens (including phenoxy) is 3. The molecule has 198 valence electrons. The number of thiazole rings is 1. The summed E-state index contributed by atoms with van der Waals surface area (Å²) >= 11 is 1.50. The summed E-state index contributed by atoms with van der Waals surface area (Å²) in [6.07, 6.45) is 0.822. The molecule has 4 aromatic rings. The fraction of sp³-hybridized carbons (Fsp3) is 0.267. The summed E-state index contributed by atoms with van der Waals surface area (Å²) in [6.45, 7) is 4.18. The number of nitrogens with zero attached hydrogens (tertiary/aromatic N) is 2. The predicted octanol–water partition coefficient (Wildman–Crippen LogP) is 5.97. The lowest BCUT2D eigenvalue weighted by atomic mass is 10.1. The predicted molar refractivity (Wildman–Crippen MR) is 152 cm³/mol. The van der Waals surface area contributed by atoms with Gasteiger partial charge in [-0.25, -0.2) is 4.98 Å². The van der Waals surface area contributed by atoms with Gasteiger partial charge in [0.05, 0.1) is 27.9 Å². The minimum absolute atomic E-state index is 0.205. The Balaban J connectivity index is 1.46. The molecule has 0 saturated carbocycles. The summed E-state index contributed by atoms with van der Waals surface area (Å²) in [5.41, 5.74) is 4.65. The lowest BCUT2D eigenvalue weighted by molar-refractivity contribution is 0.102. The molecular weight excluding hydrogens is 498 g/mol. The summed E-state index contributed by atoms with van der Waals surface area (Å²) in [7, 11) is 4.95. The van der Waals surface area contributed by atoms with E-state index in [9.17, 15) is 4.79 Å². The average Bonchev–Trinajstić information content (AvgIpc) is 3.42. The van der Waals surface area contributed by atoms with Crippen LogP contribution < -0.4 is 19.5 Å². The average molecular weight is 532 g/mol. The molecule has 0 unspecified atom stereocenters. The van der Waals surface area contributed by atoms with Crippen LogP contribution in [0.3, 0.4) is 0 Å². The van der Waals surface area contributed by atoms with Crippen LogP contribution in [0.15, 0.2) is 72.1 Å². The van der Waals surface area contributed by atoms with Crippen molar-refractivity contribution in [2.45, 2.75) is 26.4 Å². The monoisotopic (exact) mass is 531 g/mol. The molecule has 3 aromatic carbocycles. The van der Waals surface area contributed by atoms with Crippen molar-refractivity contribution in [3.8, 4) is 17.2 Å². The van der Waals surface area contributed by atoms with Crippen LogP contribution in [0.1, 0.15) is 32.2 Å². The molecule has 1 amide bonds. The van der Waals surface area contributed by atoms with Gasteiger partial charge in [-0.2, -0.15) is 0 Å². The fourth-order valence-electron chi connectivity index (χ4n) is 4.04. The second-order valence-corrected chi connectivity index (χ2v) is 9.89. The Labute approximate surface area is 228 Å². The van der Waals surface area contributed by atoms with Gasteiger partial charge in [0.2, 0.25) is 0 Å². The molecule has 0 radical (unpaired) electrons. The first-order chi connectivity index (χ1) is 18.5. The van der Waals surface area contributed by atoms with Gasteiger partial charge in [-0.3, -0.25) is 9.69 Å². The fourth-order valence-corrected chi connectivity index (χ4v) is 4.85. The van der Waals surface area contributed by atoms with E-state index < -0.39 is 0 Å². The van der Waals surface area contributed by atoms with E-state index in [0.29, 0.717) is 18.0 Å². The van der Waals surface area contributed by atoms with Crippen LogP contribution >= 0.6 is 11.3 Å². The van der Waals surface area contributed by atoms with Gasteiger partial charge in [-0.15, -0.1) is 11.3 Å². The van der Waals surface area contributed by atoms with Crippen molar-refractivity contribution >= 4 is 22.9 Å². The number of methoxy groups -OCH3 is 3. The van der Waals surface area contributed by atoms with E-state index in [1.807, 2.05) is 60.8 Å². The highest BCUT2D eigenvalue weighted by Gasteiger charge is 2.15. The number of carbonyl (C=O) groups is 1. The van der Waals surface area contributed by atoms with Crippen molar-refractivity contribution in [3.63, 3.8) is 0 Å². The first-order valence-electron chi connectivity index (χ1n) is 12.4. The molecule has 0 bridgehead atoms. The number of benzene rings is 3. The molecule has 4 rings (SSSR count). The number of aryl methyl sites for hydroxylation is 1.